The summed E-state index contributed by atoms with van der Waals surface area (Å²) in [5.41, 5.74) is 0.324. The highest BCUT2D eigenvalue weighted by atomic mass is 16.5. The minimum Gasteiger partial charge on any atom is -0.508 e. The summed E-state index contributed by atoms with van der Waals surface area (Å²) in [5.74, 6) is -2.19. The van der Waals surface area contributed by atoms with Gasteiger partial charge in [0.05, 0.1) is 5.56 Å². The summed E-state index contributed by atoms with van der Waals surface area (Å²) in [6, 6.07) is 10.6. The summed E-state index contributed by atoms with van der Waals surface area (Å²) < 4.78 is 5.12. The Bertz CT molecular complexity index is 661. The van der Waals surface area contributed by atoms with Crippen LogP contribution in [0.5, 0.6) is 11.5 Å². The fourth-order valence-corrected chi connectivity index (χ4v) is 1.71. The van der Waals surface area contributed by atoms with Crippen LogP contribution in [0.4, 0.5) is 0 Å². The number of phenols is 1. The second-order valence-corrected chi connectivity index (χ2v) is 4.15. The van der Waals surface area contributed by atoms with Crippen molar-refractivity contribution >= 4 is 11.9 Å². The highest BCUT2D eigenvalue weighted by Crippen LogP contribution is 2.31. The number of hydrogen-bond acceptors (Lipinski definition) is 4. The van der Waals surface area contributed by atoms with Gasteiger partial charge < -0.3 is 14.9 Å². The molecule has 102 valence electrons. The van der Waals surface area contributed by atoms with Crippen LogP contribution >= 0.6 is 0 Å². The molecule has 20 heavy (non-hydrogen) atoms. The molecule has 0 radical (unpaired) electrons. The largest absolute Gasteiger partial charge is 0.508 e. The molecule has 2 rings (SSSR count). The Labute approximate surface area is 115 Å². The van der Waals surface area contributed by atoms with Crippen LogP contribution in [-0.2, 0) is 0 Å². The zero-order chi connectivity index (χ0) is 14.7. The summed E-state index contributed by atoms with van der Waals surface area (Å²) in [5, 5.41) is 18.7. The van der Waals surface area contributed by atoms with E-state index in [1.807, 2.05) is 0 Å². The number of rotatable bonds is 3. The molecular weight excluding hydrogens is 260 g/mol. The first-order chi connectivity index (χ1) is 9.50. The smallest absolute Gasteiger partial charge is 0.343 e. The van der Waals surface area contributed by atoms with Crippen molar-refractivity contribution in [3.63, 3.8) is 0 Å². The van der Waals surface area contributed by atoms with Crippen LogP contribution < -0.4 is 4.74 Å². The number of hydrogen-bond donors (Lipinski definition) is 2. The van der Waals surface area contributed by atoms with E-state index in [-0.39, 0.29) is 22.6 Å². The van der Waals surface area contributed by atoms with E-state index >= 15 is 0 Å². The van der Waals surface area contributed by atoms with Crippen molar-refractivity contribution in [3.05, 3.63) is 59.2 Å². The first-order valence-corrected chi connectivity index (χ1v) is 5.84. The standard InChI is InChI=1S/C15H12O5/c1-9-12(16)8-7-11(14(17)18)13(9)20-15(19)10-5-3-2-4-6-10/h2-8,16H,1H3,(H,17,18). The molecule has 0 fully saturated rings. The molecule has 5 heteroatoms. The number of ether oxygens (including phenoxy) is 1. The van der Waals surface area contributed by atoms with Gasteiger partial charge in [-0.1, -0.05) is 18.2 Å². The number of benzene rings is 2. The number of esters is 1. The third-order valence-electron chi connectivity index (χ3n) is 2.81. The summed E-state index contributed by atoms with van der Waals surface area (Å²) in [6.07, 6.45) is 0. The van der Waals surface area contributed by atoms with Gasteiger partial charge in [0.15, 0.2) is 5.75 Å². The molecular formula is C15H12O5. The van der Waals surface area contributed by atoms with Crippen LogP contribution in [0.2, 0.25) is 0 Å². The topological polar surface area (TPSA) is 83.8 Å². The summed E-state index contributed by atoms with van der Waals surface area (Å²) >= 11 is 0. The van der Waals surface area contributed by atoms with E-state index in [9.17, 15) is 14.7 Å². The average Bonchev–Trinajstić information content (AvgIpc) is 2.44. The molecule has 5 nitrogen and oxygen atoms in total. The number of carboxylic acid groups (broad SMARTS) is 1. The van der Waals surface area contributed by atoms with Crippen LogP contribution in [-0.4, -0.2) is 22.2 Å². The molecule has 0 saturated carbocycles. The summed E-state index contributed by atoms with van der Waals surface area (Å²) in [7, 11) is 0. The van der Waals surface area contributed by atoms with E-state index in [2.05, 4.69) is 0 Å². The van der Waals surface area contributed by atoms with Gasteiger partial charge >= 0.3 is 11.9 Å². The fraction of sp³-hybridized carbons (Fsp3) is 0.0667. The Morgan fingerprint density at radius 1 is 1.05 bits per heavy atom. The molecule has 0 heterocycles. The van der Waals surface area contributed by atoms with Crippen LogP contribution in [0.15, 0.2) is 42.5 Å². The van der Waals surface area contributed by atoms with Gasteiger partial charge in [-0.25, -0.2) is 9.59 Å². The minimum atomic E-state index is -1.23. The lowest BCUT2D eigenvalue weighted by atomic mass is 10.1. The van der Waals surface area contributed by atoms with Gasteiger partial charge in [-0.2, -0.15) is 0 Å². The highest BCUT2D eigenvalue weighted by molar-refractivity contribution is 5.96. The molecule has 0 aliphatic carbocycles. The fourth-order valence-electron chi connectivity index (χ4n) is 1.71. The van der Waals surface area contributed by atoms with Crippen molar-refractivity contribution < 1.29 is 24.5 Å². The van der Waals surface area contributed by atoms with E-state index in [1.165, 1.54) is 19.1 Å². The Hall–Kier alpha value is -2.82. The van der Waals surface area contributed by atoms with Crippen molar-refractivity contribution in [2.24, 2.45) is 0 Å². The third-order valence-corrected chi connectivity index (χ3v) is 2.81. The molecule has 0 spiro atoms. The number of carbonyl (C=O) groups is 2. The van der Waals surface area contributed by atoms with E-state index < -0.39 is 11.9 Å². The van der Waals surface area contributed by atoms with E-state index in [1.54, 1.807) is 30.3 Å². The number of carbonyl (C=O) groups excluding carboxylic acids is 1. The molecule has 0 amide bonds. The van der Waals surface area contributed by atoms with E-state index in [0.29, 0.717) is 5.56 Å². The lowest BCUT2D eigenvalue weighted by molar-refractivity contribution is 0.0680. The van der Waals surface area contributed by atoms with E-state index in [4.69, 9.17) is 9.84 Å². The normalized spacial score (nSPS) is 10.1. The van der Waals surface area contributed by atoms with Crippen LogP contribution in [0.3, 0.4) is 0 Å². The molecule has 2 N–H and O–H groups in total. The molecule has 0 aliphatic rings. The monoisotopic (exact) mass is 272 g/mol. The first-order valence-electron chi connectivity index (χ1n) is 5.84. The number of aromatic hydroxyl groups is 1. The molecule has 0 unspecified atom stereocenters. The predicted molar refractivity (Wildman–Crippen MR) is 71.2 cm³/mol. The Balaban J connectivity index is 2.41. The molecule has 0 saturated heterocycles. The number of aromatic carboxylic acids is 1. The van der Waals surface area contributed by atoms with Gasteiger partial charge in [-0.05, 0) is 31.2 Å². The molecule has 2 aromatic carbocycles. The minimum absolute atomic E-state index is 0.133. The molecule has 0 aliphatic heterocycles. The van der Waals surface area contributed by atoms with Gasteiger partial charge in [0.1, 0.15) is 11.3 Å². The Morgan fingerprint density at radius 2 is 1.70 bits per heavy atom. The zero-order valence-electron chi connectivity index (χ0n) is 10.7. The SMILES string of the molecule is Cc1c(O)ccc(C(=O)O)c1OC(=O)c1ccccc1. The molecule has 0 aromatic heterocycles. The second-order valence-electron chi connectivity index (χ2n) is 4.15. The van der Waals surface area contributed by atoms with Crippen molar-refractivity contribution in [3.8, 4) is 11.5 Å². The van der Waals surface area contributed by atoms with Gasteiger partial charge in [0.2, 0.25) is 0 Å². The van der Waals surface area contributed by atoms with Gasteiger partial charge in [-0.15, -0.1) is 0 Å². The molecule has 0 bridgehead atoms. The Kier molecular flexibility index (Phi) is 3.70. The third kappa shape index (κ3) is 2.61. The lowest BCUT2D eigenvalue weighted by Crippen LogP contribution is -2.12. The Morgan fingerprint density at radius 3 is 2.30 bits per heavy atom. The maximum absolute atomic E-state index is 12.0. The highest BCUT2D eigenvalue weighted by Gasteiger charge is 2.20. The summed E-state index contributed by atoms with van der Waals surface area (Å²) in [6.45, 7) is 1.48. The van der Waals surface area contributed by atoms with Crippen LogP contribution in [0.25, 0.3) is 0 Å². The average molecular weight is 272 g/mol. The lowest BCUT2D eigenvalue weighted by Gasteiger charge is -2.11. The zero-order valence-corrected chi connectivity index (χ0v) is 10.7. The van der Waals surface area contributed by atoms with Gasteiger partial charge in [0.25, 0.3) is 0 Å². The number of phenolic OH excluding ortho intramolecular Hbond substituents is 1. The van der Waals surface area contributed by atoms with Gasteiger partial charge in [-0.3, -0.25) is 0 Å². The van der Waals surface area contributed by atoms with Crippen molar-refractivity contribution in [2.75, 3.05) is 0 Å². The van der Waals surface area contributed by atoms with Crippen molar-refractivity contribution in [1.82, 2.24) is 0 Å². The molecule has 2 aromatic rings. The first kappa shape index (κ1) is 13.6. The quantitative estimate of drug-likeness (QED) is 0.662. The van der Waals surface area contributed by atoms with E-state index in [0.717, 1.165) is 0 Å². The van der Waals surface area contributed by atoms with Crippen LogP contribution in [0, 0.1) is 6.92 Å². The maximum atomic E-state index is 12.0. The van der Waals surface area contributed by atoms with Crippen molar-refractivity contribution in [1.29, 1.82) is 0 Å². The second kappa shape index (κ2) is 5.44. The van der Waals surface area contributed by atoms with Crippen molar-refractivity contribution in [2.45, 2.75) is 6.92 Å². The van der Waals surface area contributed by atoms with Crippen LogP contribution in [0.1, 0.15) is 26.3 Å². The maximum Gasteiger partial charge on any atom is 0.343 e. The predicted octanol–water partition coefficient (Wildman–Crippen LogP) is 2.62. The number of carboxylic acids is 1. The van der Waals surface area contributed by atoms with Gasteiger partial charge in [0, 0.05) is 5.56 Å². The molecule has 0 atom stereocenters. The summed E-state index contributed by atoms with van der Waals surface area (Å²) in [4.78, 5) is 23.1.